The molecule has 0 spiro atoms. The highest BCUT2D eigenvalue weighted by Gasteiger charge is 2.24. The molecule has 1 unspecified atom stereocenters. The lowest BCUT2D eigenvalue weighted by Crippen LogP contribution is -2.40. The topological polar surface area (TPSA) is 45.5 Å². The van der Waals surface area contributed by atoms with E-state index in [1.165, 1.54) is 12.0 Å². The predicted molar refractivity (Wildman–Crippen MR) is 103 cm³/mol. The van der Waals surface area contributed by atoms with Crippen molar-refractivity contribution in [2.24, 2.45) is 10.9 Å². The standard InChI is InChI=1S/C20H29N5/c1-2-21-20(22-11-6-13-25-14-7-12-23-25)24-15-10-19(17-24)16-18-8-4-3-5-9-18/h3-5,7-9,12,14,19H,2,6,10-11,13,15-17H2,1H3,(H,21,22). The van der Waals surface area contributed by atoms with Crippen molar-refractivity contribution >= 4 is 5.96 Å². The predicted octanol–water partition coefficient (Wildman–Crippen LogP) is 2.80. The number of benzene rings is 1. The van der Waals surface area contributed by atoms with Crippen LogP contribution in [0.5, 0.6) is 0 Å². The van der Waals surface area contributed by atoms with Gasteiger partial charge < -0.3 is 10.2 Å². The molecule has 5 nitrogen and oxygen atoms in total. The highest BCUT2D eigenvalue weighted by atomic mass is 15.3. The molecule has 3 rings (SSSR count). The van der Waals surface area contributed by atoms with Gasteiger partial charge in [0.25, 0.3) is 0 Å². The molecule has 0 amide bonds. The van der Waals surface area contributed by atoms with E-state index in [0.717, 1.165) is 57.4 Å². The van der Waals surface area contributed by atoms with Gasteiger partial charge in [-0.2, -0.15) is 5.10 Å². The lowest BCUT2D eigenvalue weighted by atomic mass is 9.99. The van der Waals surface area contributed by atoms with Gasteiger partial charge in [0.05, 0.1) is 0 Å². The fourth-order valence-corrected chi connectivity index (χ4v) is 3.42. The molecule has 0 radical (unpaired) electrons. The van der Waals surface area contributed by atoms with E-state index in [1.807, 2.05) is 23.1 Å². The van der Waals surface area contributed by atoms with Gasteiger partial charge in [0.2, 0.25) is 0 Å². The Bertz CT molecular complexity index is 635. The van der Waals surface area contributed by atoms with Crippen LogP contribution in [0.3, 0.4) is 0 Å². The average Bonchev–Trinajstić information content (AvgIpc) is 3.31. The van der Waals surface area contributed by atoms with Gasteiger partial charge in [0.15, 0.2) is 5.96 Å². The Hall–Kier alpha value is -2.30. The van der Waals surface area contributed by atoms with Crippen LogP contribution in [0.15, 0.2) is 53.8 Å². The molecule has 0 bridgehead atoms. The van der Waals surface area contributed by atoms with Gasteiger partial charge in [-0.15, -0.1) is 0 Å². The quantitative estimate of drug-likeness (QED) is 0.479. The number of guanidine groups is 1. The molecule has 1 N–H and O–H groups in total. The zero-order chi connectivity index (χ0) is 17.3. The van der Waals surface area contributed by atoms with Crippen LogP contribution in [-0.4, -0.2) is 46.8 Å². The number of nitrogens with one attached hydrogen (secondary N) is 1. The lowest BCUT2D eigenvalue weighted by molar-refractivity contribution is 0.459. The molecule has 2 heterocycles. The Balaban J connectivity index is 1.49. The third kappa shape index (κ3) is 5.34. The summed E-state index contributed by atoms with van der Waals surface area (Å²) in [7, 11) is 0. The molecule has 5 heteroatoms. The van der Waals surface area contributed by atoms with Crippen molar-refractivity contribution < 1.29 is 0 Å². The third-order valence-corrected chi connectivity index (χ3v) is 4.65. The summed E-state index contributed by atoms with van der Waals surface area (Å²) in [5.74, 6) is 1.79. The van der Waals surface area contributed by atoms with Crippen molar-refractivity contribution in [2.45, 2.75) is 32.7 Å². The fourth-order valence-electron chi connectivity index (χ4n) is 3.42. The first-order valence-electron chi connectivity index (χ1n) is 9.39. The molecule has 1 atom stereocenters. The van der Waals surface area contributed by atoms with E-state index < -0.39 is 0 Å². The minimum absolute atomic E-state index is 0.718. The second-order valence-electron chi connectivity index (χ2n) is 6.65. The molecule has 1 aliphatic rings. The Morgan fingerprint density at radius 2 is 2.16 bits per heavy atom. The van der Waals surface area contributed by atoms with Crippen LogP contribution in [0.1, 0.15) is 25.3 Å². The smallest absolute Gasteiger partial charge is 0.193 e. The van der Waals surface area contributed by atoms with Gasteiger partial charge in [-0.3, -0.25) is 9.67 Å². The van der Waals surface area contributed by atoms with Crippen molar-refractivity contribution in [3.8, 4) is 0 Å². The minimum atomic E-state index is 0.718. The first-order chi connectivity index (χ1) is 12.3. The number of aliphatic imine (C=N–C) groups is 1. The largest absolute Gasteiger partial charge is 0.357 e. The van der Waals surface area contributed by atoms with E-state index in [1.54, 1.807) is 0 Å². The molecule has 134 valence electrons. The number of hydrogen-bond acceptors (Lipinski definition) is 2. The minimum Gasteiger partial charge on any atom is -0.357 e. The van der Waals surface area contributed by atoms with E-state index in [2.05, 4.69) is 52.6 Å². The zero-order valence-electron chi connectivity index (χ0n) is 15.1. The first-order valence-corrected chi connectivity index (χ1v) is 9.39. The summed E-state index contributed by atoms with van der Waals surface area (Å²) in [5, 5.41) is 7.69. The van der Waals surface area contributed by atoms with E-state index in [9.17, 15) is 0 Å². The fraction of sp³-hybridized carbons (Fsp3) is 0.500. The average molecular weight is 339 g/mol. The Kier molecular flexibility index (Phi) is 6.48. The Morgan fingerprint density at radius 3 is 2.92 bits per heavy atom. The summed E-state index contributed by atoms with van der Waals surface area (Å²) in [5.41, 5.74) is 1.44. The van der Waals surface area contributed by atoms with E-state index in [-0.39, 0.29) is 0 Å². The Morgan fingerprint density at radius 1 is 1.28 bits per heavy atom. The van der Waals surface area contributed by atoms with Crippen LogP contribution in [0.25, 0.3) is 0 Å². The molecule has 1 fully saturated rings. The van der Waals surface area contributed by atoms with Crippen molar-refractivity contribution in [1.29, 1.82) is 0 Å². The summed E-state index contributed by atoms with van der Waals surface area (Å²) in [6.07, 6.45) is 7.24. The van der Waals surface area contributed by atoms with Gasteiger partial charge in [-0.25, -0.2) is 0 Å². The van der Waals surface area contributed by atoms with Crippen molar-refractivity contribution in [2.75, 3.05) is 26.2 Å². The molecular weight excluding hydrogens is 310 g/mol. The summed E-state index contributed by atoms with van der Waals surface area (Å²) in [6, 6.07) is 12.8. The SMILES string of the molecule is CCNC(=NCCCn1cccn1)N1CCC(Cc2ccccc2)C1. The normalized spacial score (nSPS) is 17.9. The van der Waals surface area contributed by atoms with E-state index >= 15 is 0 Å². The summed E-state index contributed by atoms with van der Waals surface area (Å²) >= 11 is 0. The lowest BCUT2D eigenvalue weighted by Gasteiger charge is -2.21. The molecule has 1 aromatic heterocycles. The highest BCUT2D eigenvalue weighted by Crippen LogP contribution is 2.20. The molecule has 25 heavy (non-hydrogen) atoms. The molecule has 1 aliphatic heterocycles. The number of aromatic nitrogens is 2. The Labute approximate surface area is 150 Å². The molecular formula is C20H29N5. The summed E-state index contributed by atoms with van der Waals surface area (Å²) in [4.78, 5) is 7.25. The van der Waals surface area contributed by atoms with Crippen LogP contribution in [0.4, 0.5) is 0 Å². The number of aryl methyl sites for hydroxylation is 1. The van der Waals surface area contributed by atoms with Crippen LogP contribution >= 0.6 is 0 Å². The summed E-state index contributed by atoms with van der Waals surface area (Å²) in [6.45, 7) is 7.01. The van der Waals surface area contributed by atoms with Crippen molar-refractivity contribution in [3.63, 3.8) is 0 Å². The number of likely N-dealkylation sites (tertiary alicyclic amines) is 1. The van der Waals surface area contributed by atoms with Gasteiger partial charge in [0.1, 0.15) is 0 Å². The maximum atomic E-state index is 4.83. The van der Waals surface area contributed by atoms with Gasteiger partial charge in [-0.05, 0) is 43.7 Å². The first kappa shape index (κ1) is 17.5. The number of rotatable bonds is 7. The van der Waals surface area contributed by atoms with Crippen LogP contribution < -0.4 is 5.32 Å². The third-order valence-electron chi connectivity index (χ3n) is 4.65. The number of hydrogen-bond donors (Lipinski definition) is 1. The second kappa shape index (κ2) is 9.25. The molecule has 2 aromatic rings. The van der Waals surface area contributed by atoms with Crippen LogP contribution in [0.2, 0.25) is 0 Å². The molecule has 0 saturated carbocycles. The highest BCUT2D eigenvalue weighted by molar-refractivity contribution is 5.80. The molecule has 1 saturated heterocycles. The van der Waals surface area contributed by atoms with Crippen molar-refractivity contribution in [1.82, 2.24) is 20.0 Å². The van der Waals surface area contributed by atoms with Gasteiger partial charge in [0, 0.05) is 45.1 Å². The second-order valence-corrected chi connectivity index (χ2v) is 6.65. The van der Waals surface area contributed by atoms with Crippen molar-refractivity contribution in [3.05, 3.63) is 54.4 Å². The number of nitrogens with zero attached hydrogens (tertiary/aromatic N) is 4. The van der Waals surface area contributed by atoms with E-state index in [0.29, 0.717) is 0 Å². The molecule has 0 aliphatic carbocycles. The van der Waals surface area contributed by atoms with Crippen LogP contribution in [0, 0.1) is 5.92 Å². The van der Waals surface area contributed by atoms with Gasteiger partial charge >= 0.3 is 0 Å². The molecule has 1 aromatic carbocycles. The summed E-state index contributed by atoms with van der Waals surface area (Å²) < 4.78 is 1.97. The van der Waals surface area contributed by atoms with Crippen LogP contribution in [-0.2, 0) is 13.0 Å². The van der Waals surface area contributed by atoms with Gasteiger partial charge in [-0.1, -0.05) is 30.3 Å². The maximum Gasteiger partial charge on any atom is 0.193 e. The van der Waals surface area contributed by atoms with E-state index in [4.69, 9.17) is 4.99 Å². The monoisotopic (exact) mass is 339 g/mol. The zero-order valence-corrected chi connectivity index (χ0v) is 15.1. The maximum absolute atomic E-state index is 4.83.